The number of aryl methyl sites for hydroxylation is 1. The van der Waals surface area contributed by atoms with E-state index in [1.807, 2.05) is 30.1 Å². The first-order chi connectivity index (χ1) is 21.4. The van der Waals surface area contributed by atoms with Crippen molar-refractivity contribution in [1.29, 1.82) is 0 Å². The van der Waals surface area contributed by atoms with Gasteiger partial charge in [-0.1, -0.05) is 0 Å². The number of carbonyl (C=O) groups excluding carboxylic acids is 1. The minimum absolute atomic E-state index is 0.00608. The standard InChI is InChI=1S/C32H35N9O3/c1-39-28-21(12-20(14-24(28)43-2)31(42)41-16-19-6-8-22(41)27(19)33)35-30(39)23-13-18-7-9-25(36-26-10-11-34-32(38-26)44-3)37-29(18)40(23)15-17-4-5-17/h7,9-14,17,19,22,27H,4-6,8,15-16,33H2,1-3H3,(H,34,36,37,38)/t19-,22-,27-/m1/s1. The number of nitrogens with one attached hydrogen (secondary N) is 1. The van der Waals surface area contributed by atoms with Crippen LogP contribution in [-0.4, -0.2) is 72.7 Å². The minimum Gasteiger partial charge on any atom is -0.494 e. The lowest BCUT2D eigenvalue weighted by molar-refractivity contribution is 0.0700. The second-order valence-electron chi connectivity index (χ2n) is 12.2. The van der Waals surface area contributed by atoms with Crippen molar-refractivity contribution in [3.63, 3.8) is 0 Å². The van der Waals surface area contributed by atoms with Gasteiger partial charge in [0.25, 0.3) is 5.91 Å². The summed E-state index contributed by atoms with van der Waals surface area (Å²) in [6.07, 6.45) is 6.10. The van der Waals surface area contributed by atoms with Gasteiger partial charge < -0.3 is 34.6 Å². The molecular weight excluding hydrogens is 558 g/mol. The number of nitrogens with zero attached hydrogens (tertiary/aromatic N) is 7. The Morgan fingerprint density at radius 1 is 1.02 bits per heavy atom. The number of anilines is 2. The lowest BCUT2D eigenvalue weighted by Gasteiger charge is -2.27. The van der Waals surface area contributed by atoms with E-state index in [2.05, 4.69) is 36.6 Å². The molecule has 3 N–H and O–H groups in total. The number of methoxy groups -OCH3 is 2. The molecule has 1 saturated heterocycles. The molecule has 226 valence electrons. The van der Waals surface area contributed by atoms with Crippen molar-refractivity contribution in [2.24, 2.45) is 24.6 Å². The number of imidazole rings is 1. The van der Waals surface area contributed by atoms with Crippen LogP contribution in [0.2, 0.25) is 0 Å². The summed E-state index contributed by atoms with van der Waals surface area (Å²) in [5.74, 6) is 3.66. The normalized spacial score (nSPS) is 21.0. The number of likely N-dealkylation sites (tertiary alicyclic amines) is 1. The topological polar surface area (TPSA) is 138 Å². The van der Waals surface area contributed by atoms with Crippen LogP contribution in [0.5, 0.6) is 11.8 Å². The van der Waals surface area contributed by atoms with Crippen LogP contribution in [0.15, 0.2) is 42.6 Å². The highest BCUT2D eigenvalue weighted by molar-refractivity contribution is 6.00. The van der Waals surface area contributed by atoms with Crippen molar-refractivity contribution in [1.82, 2.24) is 34.0 Å². The number of hydrogen-bond acceptors (Lipinski definition) is 9. The molecule has 2 bridgehead atoms. The molecule has 3 fully saturated rings. The Morgan fingerprint density at radius 2 is 1.86 bits per heavy atom. The number of benzene rings is 1. The van der Waals surface area contributed by atoms with Crippen LogP contribution in [0.25, 0.3) is 33.6 Å². The molecule has 2 aliphatic carbocycles. The van der Waals surface area contributed by atoms with Gasteiger partial charge in [-0.25, -0.2) is 15.0 Å². The van der Waals surface area contributed by atoms with Crippen LogP contribution in [0, 0.1) is 11.8 Å². The van der Waals surface area contributed by atoms with Crippen LogP contribution in [0.1, 0.15) is 36.0 Å². The predicted molar refractivity (Wildman–Crippen MR) is 166 cm³/mol. The summed E-state index contributed by atoms with van der Waals surface area (Å²) in [4.78, 5) is 34.2. The van der Waals surface area contributed by atoms with Gasteiger partial charge in [-0.3, -0.25) is 4.79 Å². The molecule has 0 unspecified atom stereocenters. The van der Waals surface area contributed by atoms with Crippen LogP contribution in [0.3, 0.4) is 0 Å². The van der Waals surface area contributed by atoms with Gasteiger partial charge in [-0.2, -0.15) is 4.98 Å². The number of amides is 1. The Morgan fingerprint density at radius 3 is 2.59 bits per heavy atom. The second kappa shape index (κ2) is 10.2. The van der Waals surface area contributed by atoms with Crippen molar-refractivity contribution < 1.29 is 14.3 Å². The van der Waals surface area contributed by atoms with E-state index in [1.165, 1.54) is 20.0 Å². The van der Waals surface area contributed by atoms with Crippen molar-refractivity contribution in [2.45, 2.75) is 44.3 Å². The van der Waals surface area contributed by atoms with Gasteiger partial charge in [-0.15, -0.1) is 0 Å². The zero-order valence-electron chi connectivity index (χ0n) is 25.0. The van der Waals surface area contributed by atoms with Gasteiger partial charge in [0.15, 0.2) is 5.82 Å². The summed E-state index contributed by atoms with van der Waals surface area (Å²) in [7, 11) is 5.17. The molecule has 0 radical (unpaired) electrons. The Labute approximate surface area is 254 Å². The summed E-state index contributed by atoms with van der Waals surface area (Å²) in [5, 5.41) is 4.30. The number of nitrogens with two attached hydrogens (primary N) is 1. The first kappa shape index (κ1) is 26.9. The maximum atomic E-state index is 13.7. The number of rotatable bonds is 8. The lowest BCUT2D eigenvalue weighted by Crippen LogP contribution is -2.41. The monoisotopic (exact) mass is 593 g/mol. The first-order valence-electron chi connectivity index (χ1n) is 15.2. The number of carbonyl (C=O) groups is 1. The Bertz CT molecular complexity index is 1930. The second-order valence-corrected chi connectivity index (χ2v) is 12.2. The molecule has 12 heteroatoms. The quantitative estimate of drug-likeness (QED) is 0.272. The molecule has 1 aliphatic heterocycles. The number of piperidine rings is 1. The van der Waals surface area contributed by atoms with Gasteiger partial charge in [-0.05, 0) is 73.9 Å². The third-order valence-electron chi connectivity index (χ3n) is 9.50. The van der Waals surface area contributed by atoms with Gasteiger partial charge >= 0.3 is 6.01 Å². The van der Waals surface area contributed by atoms with Crippen LogP contribution >= 0.6 is 0 Å². The minimum atomic E-state index is -0.00608. The van der Waals surface area contributed by atoms with Crippen LogP contribution < -0.4 is 20.5 Å². The van der Waals surface area contributed by atoms with Crippen molar-refractivity contribution in [2.75, 3.05) is 26.1 Å². The van der Waals surface area contributed by atoms with E-state index >= 15 is 0 Å². The maximum Gasteiger partial charge on any atom is 0.318 e. The summed E-state index contributed by atoms with van der Waals surface area (Å²) >= 11 is 0. The molecular formula is C32H35N9O3. The van der Waals surface area contributed by atoms with Crippen LogP contribution in [0.4, 0.5) is 11.6 Å². The highest BCUT2D eigenvalue weighted by Gasteiger charge is 2.47. The molecule has 2 saturated carbocycles. The summed E-state index contributed by atoms with van der Waals surface area (Å²) in [6.45, 7) is 1.56. The largest absolute Gasteiger partial charge is 0.494 e. The highest BCUT2D eigenvalue weighted by atomic mass is 16.5. The summed E-state index contributed by atoms with van der Waals surface area (Å²) in [5.41, 5.74) is 10.4. The van der Waals surface area contributed by atoms with E-state index < -0.39 is 0 Å². The average molecular weight is 594 g/mol. The van der Waals surface area contributed by atoms with E-state index in [0.717, 1.165) is 53.0 Å². The summed E-state index contributed by atoms with van der Waals surface area (Å²) in [6, 6.07) is 12.1. The van der Waals surface area contributed by atoms with Gasteiger partial charge in [0.2, 0.25) is 0 Å². The maximum absolute atomic E-state index is 13.7. The zero-order chi connectivity index (χ0) is 30.1. The lowest BCUT2D eigenvalue weighted by atomic mass is 10.1. The molecule has 1 amide bonds. The predicted octanol–water partition coefficient (Wildman–Crippen LogP) is 4.11. The Kier molecular flexibility index (Phi) is 6.23. The van der Waals surface area contributed by atoms with E-state index in [1.54, 1.807) is 19.4 Å². The number of aromatic nitrogens is 6. The van der Waals surface area contributed by atoms with Crippen molar-refractivity contribution in [3.8, 4) is 23.3 Å². The molecule has 12 nitrogen and oxygen atoms in total. The third-order valence-corrected chi connectivity index (χ3v) is 9.50. The zero-order valence-corrected chi connectivity index (χ0v) is 25.0. The molecule has 5 aromatic rings. The van der Waals surface area contributed by atoms with Gasteiger partial charge in [0, 0.05) is 49.4 Å². The van der Waals surface area contributed by atoms with Crippen molar-refractivity contribution in [3.05, 3.63) is 48.2 Å². The van der Waals surface area contributed by atoms with E-state index in [9.17, 15) is 4.79 Å². The molecule has 1 aromatic carbocycles. The highest BCUT2D eigenvalue weighted by Crippen LogP contribution is 2.40. The van der Waals surface area contributed by atoms with E-state index in [4.69, 9.17) is 25.2 Å². The Hall–Kier alpha value is -4.71. The smallest absolute Gasteiger partial charge is 0.318 e. The summed E-state index contributed by atoms with van der Waals surface area (Å²) < 4.78 is 15.3. The molecule has 4 aromatic heterocycles. The number of ether oxygens (including phenoxy) is 2. The molecule has 5 heterocycles. The number of pyridine rings is 1. The fourth-order valence-electron chi connectivity index (χ4n) is 7.03. The molecule has 3 atom stereocenters. The van der Waals surface area contributed by atoms with Gasteiger partial charge in [0.1, 0.15) is 28.5 Å². The fourth-order valence-corrected chi connectivity index (χ4v) is 7.03. The average Bonchev–Trinajstić information content (AvgIpc) is 3.45. The SMILES string of the molecule is COc1nccc(Nc2ccc3cc(-c4nc5cc(C(=O)N6C[C@H]7CC[C@@H]6[C@@H]7N)cc(OC)c5n4C)n(CC4CC4)c3n2)n1. The number of hydrogen-bond donors (Lipinski definition) is 2. The molecule has 3 aliphatic rings. The van der Waals surface area contributed by atoms with Crippen LogP contribution in [-0.2, 0) is 13.6 Å². The molecule has 44 heavy (non-hydrogen) atoms. The molecule has 8 rings (SSSR count). The third kappa shape index (κ3) is 4.35. The van der Waals surface area contributed by atoms with Gasteiger partial charge in [0.05, 0.1) is 25.4 Å². The van der Waals surface area contributed by atoms with E-state index in [-0.39, 0.29) is 24.0 Å². The van der Waals surface area contributed by atoms with Crippen molar-refractivity contribution >= 4 is 39.6 Å². The van der Waals surface area contributed by atoms with E-state index in [0.29, 0.717) is 41.3 Å². The fraction of sp³-hybridized carbons (Fsp3) is 0.406. The number of fused-ring (bicyclic) bond motifs is 4. The molecule has 0 spiro atoms. The Balaban J connectivity index is 1.20. The first-order valence-corrected chi connectivity index (χ1v) is 15.2.